The Morgan fingerprint density at radius 2 is 2.18 bits per heavy atom. The topological polar surface area (TPSA) is 29.9 Å². The first-order valence-electron chi connectivity index (χ1n) is 5.26. The molecule has 3 nitrogen and oxygen atoms in total. The molecule has 0 aliphatic heterocycles. The molecular formula is C12H13ClFN3. The van der Waals surface area contributed by atoms with Crippen molar-refractivity contribution in [2.75, 3.05) is 7.05 Å². The maximum Gasteiger partial charge on any atom is 0.125 e. The van der Waals surface area contributed by atoms with Gasteiger partial charge in [-0.15, -0.1) is 0 Å². The van der Waals surface area contributed by atoms with Crippen molar-refractivity contribution in [1.29, 1.82) is 0 Å². The van der Waals surface area contributed by atoms with Gasteiger partial charge >= 0.3 is 0 Å². The van der Waals surface area contributed by atoms with Crippen molar-refractivity contribution in [3.8, 4) is 5.69 Å². The van der Waals surface area contributed by atoms with Crippen LogP contribution in [0.5, 0.6) is 0 Å². The van der Waals surface area contributed by atoms with Gasteiger partial charge in [0.25, 0.3) is 0 Å². The Hall–Kier alpha value is -1.39. The number of nitrogens with one attached hydrogen (secondary N) is 1. The molecule has 0 atom stereocenters. The Kier molecular flexibility index (Phi) is 3.45. The van der Waals surface area contributed by atoms with Gasteiger partial charge in [0.05, 0.1) is 16.4 Å². The van der Waals surface area contributed by atoms with Gasteiger partial charge in [-0.25, -0.2) is 9.07 Å². The largest absolute Gasteiger partial charge is 0.316 e. The second-order valence-corrected chi connectivity index (χ2v) is 4.26. The van der Waals surface area contributed by atoms with Gasteiger partial charge in [-0.1, -0.05) is 11.6 Å². The minimum absolute atomic E-state index is 0.281. The van der Waals surface area contributed by atoms with Crippen molar-refractivity contribution in [2.24, 2.45) is 0 Å². The molecule has 1 N–H and O–H groups in total. The Labute approximate surface area is 104 Å². The summed E-state index contributed by atoms with van der Waals surface area (Å²) in [5.41, 5.74) is 2.27. The van der Waals surface area contributed by atoms with E-state index in [1.165, 1.54) is 12.1 Å². The fourth-order valence-electron chi connectivity index (χ4n) is 1.64. The van der Waals surface area contributed by atoms with Crippen LogP contribution in [0.3, 0.4) is 0 Å². The van der Waals surface area contributed by atoms with E-state index >= 15 is 0 Å². The van der Waals surface area contributed by atoms with E-state index in [0.29, 0.717) is 17.3 Å². The van der Waals surface area contributed by atoms with Crippen LogP contribution in [0, 0.1) is 12.7 Å². The second kappa shape index (κ2) is 4.85. The number of nitrogens with zero attached hydrogens (tertiary/aromatic N) is 2. The van der Waals surface area contributed by atoms with Gasteiger partial charge in [0.2, 0.25) is 0 Å². The molecule has 0 bridgehead atoms. The number of rotatable bonds is 3. The first-order chi connectivity index (χ1) is 8.10. The van der Waals surface area contributed by atoms with Crippen LogP contribution >= 0.6 is 11.6 Å². The zero-order valence-corrected chi connectivity index (χ0v) is 10.4. The maximum absolute atomic E-state index is 13.4. The smallest absolute Gasteiger partial charge is 0.125 e. The minimum Gasteiger partial charge on any atom is -0.316 e. The number of benzene rings is 1. The first-order valence-corrected chi connectivity index (χ1v) is 5.64. The van der Waals surface area contributed by atoms with Crippen molar-refractivity contribution >= 4 is 11.6 Å². The third-order valence-electron chi connectivity index (χ3n) is 2.43. The molecule has 5 heteroatoms. The van der Waals surface area contributed by atoms with Crippen LogP contribution in [0.15, 0.2) is 24.4 Å². The molecule has 0 aliphatic carbocycles. The maximum atomic E-state index is 13.4. The lowest BCUT2D eigenvalue weighted by atomic mass is 10.2. The van der Waals surface area contributed by atoms with Crippen molar-refractivity contribution in [3.63, 3.8) is 0 Å². The molecule has 17 heavy (non-hydrogen) atoms. The molecule has 0 fully saturated rings. The number of aromatic nitrogens is 2. The van der Waals surface area contributed by atoms with E-state index < -0.39 is 0 Å². The van der Waals surface area contributed by atoms with E-state index in [9.17, 15) is 4.39 Å². The molecule has 1 aromatic carbocycles. The summed E-state index contributed by atoms with van der Waals surface area (Å²) in [6.45, 7) is 2.42. The monoisotopic (exact) mass is 253 g/mol. The van der Waals surface area contributed by atoms with Gasteiger partial charge in [0, 0.05) is 12.7 Å². The van der Waals surface area contributed by atoms with E-state index in [1.807, 2.05) is 20.0 Å². The van der Waals surface area contributed by atoms with Crippen LogP contribution in [0.25, 0.3) is 5.69 Å². The third-order valence-corrected chi connectivity index (χ3v) is 2.80. The summed E-state index contributed by atoms with van der Waals surface area (Å²) in [6, 6.07) is 4.81. The van der Waals surface area contributed by atoms with Crippen molar-refractivity contribution in [2.45, 2.75) is 13.5 Å². The van der Waals surface area contributed by atoms with E-state index in [0.717, 1.165) is 11.3 Å². The molecule has 0 radical (unpaired) electrons. The summed E-state index contributed by atoms with van der Waals surface area (Å²) in [6.07, 6.45) is 1.68. The normalized spacial score (nSPS) is 10.8. The molecule has 0 saturated carbocycles. The molecule has 90 valence electrons. The van der Waals surface area contributed by atoms with E-state index in [4.69, 9.17) is 11.6 Å². The third kappa shape index (κ3) is 2.65. The molecule has 0 unspecified atom stereocenters. The Bertz CT molecular complexity index is 517. The summed E-state index contributed by atoms with van der Waals surface area (Å²) >= 11 is 5.93. The molecular weight excluding hydrogens is 241 g/mol. The van der Waals surface area contributed by atoms with Gasteiger partial charge in [-0.2, -0.15) is 5.10 Å². The lowest BCUT2D eigenvalue weighted by Crippen LogP contribution is -2.06. The van der Waals surface area contributed by atoms with Crippen LogP contribution in [-0.2, 0) is 6.54 Å². The van der Waals surface area contributed by atoms with Crippen LogP contribution in [0.1, 0.15) is 11.3 Å². The average Bonchev–Trinajstić information content (AvgIpc) is 2.59. The summed E-state index contributed by atoms with van der Waals surface area (Å²) in [4.78, 5) is 0. The summed E-state index contributed by atoms with van der Waals surface area (Å²) < 4.78 is 15.0. The zero-order chi connectivity index (χ0) is 12.4. The Balaban J connectivity index is 2.44. The molecule has 0 amide bonds. The molecule has 0 saturated heterocycles. The van der Waals surface area contributed by atoms with E-state index in [1.54, 1.807) is 10.9 Å². The van der Waals surface area contributed by atoms with Crippen LogP contribution in [-0.4, -0.2) is 16.8 Å². The molecule has 1 aromatic heterocycles. The quantitative estimate of drug-likeness (QED) is 0.912. The van der Waals surface area contributed by atoms with Crippen LogP contribution < -0.4 is 5.32 Å². The van der Waals surface area contributed by atoms with E-state index in [-0.39, 0.29) is 5.82 Å². The van der Waals surface area contributed by atoms with Crippen LogP contribution in [0.4, 0.5) is 4.39 Å². The Morgan fingerprint density at radius 1 is 1.41 bits per heavy atom. The standard InChI is InChI=1S/C12H13ClFN3/c1-8-12(13)7-17(16-8)11-4-9(6-15-2)3-10(14)5-11/h3-5,7,15H,6H2,1-2H3. The minimum atomic E-state index is -0.281. The van der Waals surface area contributed by atoms with Crippen LogP contribution in [0.2, 0.25) is 5.02 Å². The summed E-state index contributed by atoms with van der Waals surface area (Å²) in [7, 11) is 1.82. The first kappa shape index (κ1) is 12.1. The molecule has 2 aromatic rings. The van der Waals surface area contributed by atoms with Crippen molar-refractivity contribution in [1.82, 2.24) is 15.1 Å². The molecule has 0 aliphatic rings. The Morgan fingerprint density at radius 3 is 2.76 bits per heavy atom. The van der Waals surface area contributed by atoms with Gasteiger partial charge in [0.1, 0.15) is 5.82 Å². The predicted molar refractivity (Wildman–Crippen MR) is 66.0 cm³/mol. The van der Waals surface area contributed by atoms with Gasteiger partial charge < -0.3 is 5.32 Å². The number of halogens is 2. The fourth-order valence-corrected chi connectivity index (χ4v) is 1.77. The van der Waals surface area contributed by atoms with Gasteiger partial charge in [-0.3, -0.25) is 0 Å². The molecule has 0 spiro atoms. The van der Waals surface area contributed by atoms with Gasteiger partial charge in [-0.05, 0) is 37.7 Å². The zero-order valence-electron chi connectivity index (χ0n) is 9.67. The lowest BCUT2D eigenvalue weighted by Gasteiger charge is -2.05. The molecule has 2 rings (SSSR count). The van der Waals surface area contributed by atoms with Gasteiger partial charge in [0.15, 0.2) is 0 Å². The highest BCUT2D eigenvalue weighted by Crippen LogP contribution is 2.18. The number of aryl methyl sites for hydroxylation is 1. The number of hydrogen-bond donors (Lipinski definition) is 1. The lowest BCUT2D eigenvalue weighted by molar-refractivity contribution is 0.621. The highest BCUT2D eigenvalue weighted by Gasteiger charge is 2.06. The highest BCUT2D eigenvalue weighted by atomic mass is 35.5. The summed E-state index contributed by atoms with van der Waals surface area (Å²) in [5.74, 6) is -0.281. The van der Waals surface area contributed by atoms with Crippen molar-refractivity contribution < 1.29 is 4.39 Å². The SMILES string of the molecule is CNCc1cc(F)cc(-n2cc(Cl)c(C)n2)c1. The average molecular weight is 254 g/mol. The fraction of sp³-hybridized carbons (Fsp3) is 0.250. The highest BCUT2D eigenvalue weighted by molar-refractivity contribution is 6.31. The summed E-state index contributed by atoms with van der Waals surface area (Å²) in [5, 5.41) is 7.78. The second-order valence-electron chi connectivity index (χ2n) is 3.86. The van der Waals surface area contributed by atoms with Crippen molar-refractivity contribution in [3.05, 3.63) is 46.5 Å². The molecule has 1 heterocycles. The predicted octanol–water partition coefficient (Wildman–Crippen LogP) is 2.69. The number of hydrogen-bond acceptors (Lipinski definition) is 2. The van der Waals surface area contributed by atoms with E-state index in [2.05, 4.69) is 10.4 Å².